The summed E-state index contributed by atoms with van der Waals surface area (Å²) in [4.78, 5) is 11.0. The Kier molecular flexibility index (Phi) is 5.61. The molecule has 5 heteroatoms. The third-order valence-electron chi connectivity index (χ3n) is 3.98. The number of rotatable bonds is 5. The minimum atomic E-state index is 0.416. The first-order chi connectivity index (χ1) is 9.60. The van der Waals surface area contributed by atoms with Crippen LogP contribution in [-0.2, 0) is 11.3 Å². The predicted octanol–water partition coefficient (Wildman–Crippen LogP) is 3.68. The van der Waals surface area contributed by atoms with Gasteiger partial charge in [-0.15, -0.1) is 0 Å². The summed E-state index contributed by atoms with van der Waals surface area (Å²) in [5.74, 6) is 2.35. The lowest BCUT2D eigenvalue weighted by molar-refractivity contribution is 0.128. The highest BCUT2D eigenvalue weighted by molar-refractivity contribution is 6.29. The highest BCUT2D eigenvalue weighted by atomic mass is 35.5. The Balaban J connectivity index is 2.11. The molecule has 4 nitrogen and oxygen atoms in total. The molecule has 0 aromatic carbocycles. The minimum Gasteiger partial charge on any atom is -0.374 e. The fourth-order valence-corrected chi connectivity index (χ4v) is 3.03. The summed E-state index contributed by atoms with van der Waals surface area (Å²) >= 11 is 6.11. The molecule has 1 saturated carbocycles. The molecule has 1 aromatic heterocycles. The zero-order valence-corrected chi connectivity index (χ0v) is 13.4. The molecule has 1 fully saturated rings. The lowest BCUT2D eigenvalue weighted by Gasteiger charge is -2.35. The van der Waals surface area contributed by atoms with Crippen LogP contribution in [0, 0.1) is 5.92 Å². The number of aromatic nitrogens is 2. The summed E-state index contributed by atoms with van der Waals surface area (Å²) in [7, 11) is 2.10. The van der Waals surface area contributed by atoms with E-state index in [1.54, 1.807) is 0 Å². The third kappa shape index (κ3) is 4.06. The van der Waals surface area contributed by atoms with Gasteiger partial charge in [0.1, 0.15) is 17.6 Å². The van der Waals surface area contributed by atoms with E-state index < -0.39 is 0 Å². The molecule has 1 aliphatic carbocycles. The van der Waals surface area contributed by atoms with Gasteiger partial charge >= 0.3 is 0 Å². The maximum atomic E-state index is 6.11. The van der Waals surface area contributed by atoms with Crippen molar-refractivity contribution < 1.29 is 4.74 Å². The fourth-order valence-electron chi connectivity index (χ4n) is 2.83. The van der Waals surface area contributed by atoms with Crippen LogP contribution in [0.5, 0.6) is 0 Å². The largest absolute Gasteiger partial charge is 0.374 e. The predicted molar refractivity (Wildman–Crippen MR) is 82.2 cm³/mol. The van der Waals surface area contributed by atoms with Crippen molar-refractivity contribution in [3.05, 3.63) is 17.0 Å². The van der Waals surface area contributed by atoms with E-state index in [2.05, 4.69) is 28.8 Å². The topological polar surface area (TPSA) is 38.2 Å². The molecule has 2 atom stereocenters. The van der Waals surface area contributed by atoms with Crippen molar-refractivity contribution in [3.8, 4) is 0 Å². The third-order valence-corrected chi connectivity index (χ3v) is 4.17. The molecule has 0 spiro atoms. The quantitative estimate of drug-likeness (QED) is 0.777. The number of halogens is 1. The van der Waals surface area contributed by atoms with Gasteiger partial charge in [0.2, 0.25) is 0 Å². The lowest BCUT2D eigenvalue weighted by atomic mass is 9.86. The molecule has 20 heavy (non-hydrogen) atoms. The molecular formula is C15H24ClN3O. The number of anilines is 1. The molecule has 1 aromatic rings. The first-order valence-corrected chi connectivity index (χ1v) is 7.82. The van der Waals surface area contributed by atoms with Gasteiger partial charge in [-0.1, -0.05) is 31.4 Å². The standard InChI is InChI=1S/C15H24ClN3O/c1-4-20-10-14-17-13(16)9-15(18-14)19(3)12-7-5-6-11(2)8-12/h9,11-12H,4-8,10H2,1-3H3. The van der Waals surface area contributed by atoms with Gasteiger partial charge in [0.25, 0.3) is 0 Å². The molecule has 0 saturated heterocycles. The van der Waals surface area contributed by atoms with Gasteiger partial charge in [-0.2, -0.15) is 0 Å². The van der Waals surface area contributed by atoms with E-state index in [4.69, 9.17) is 16.3 Å². The first-order valence-electron chi connectivity index (χ1n) is 7.44. The normalized spacial score (nSPS) is 22.8. The van der Waals surface area contributed by atoms with Gasteiger partial charge in [0.05, 0.1) is 0 Å². The number of hydrogen-bond acceptors (Lipinski definition) is 4. The zero-order valence-electron chi connectivity index (χ0n) is 12.6. The highest BCUT2D eigenvalue weighted by Gasteiger charge is 2.23. The van der Waals surface area contributed by atoms with Crippen LogP contribution in [0.15, 0.2) is 6.07 Å². The summed E-state index contributed by atoms with van der Waals surface area (Å²) < 4.78 is 5.37. The second-order valence-corrected chi connectivity index (χ2v) is 6.03. The van der Waals surface area contributed by atoms with Crippen molar-refractivity contribution in [2.24, 2.45) is 5.92 Å². The lowest BCUT2D eigenvalue weighted by Crippen LogP contribution is -2.36. The Labute approximate surface area is 126 Å². The van der Waals surface area contributed by atoms with E-state index in [0.29, 0.717) is 30.2 Å². The average Bonchev–Trinajstić information content (AvgIpc) is 2.43. The number of ether oxygens (including phenoxy) is 1. The Morgan fingerprint density at radius 2 is 2.20 bits per heavy atom. The van der Waals surface area contributed by atoms with Gasteiger partial charge in [0.15, 0.2) is 5.82 Å². The van der Waals surface area contributed by atoms with Crippen LogP contribution in [0.3, 0.4) is 0 Å². The molecule has 2 rings (SSSR count). The first kappa shape index (κ1) is 15.5. The van der Waals surface area contributed by atoms with Crippen molar-refractivity contribution in [3.63, 3.8) is 0 Å². The van der Waals surface area contributed by atoms with Crippen LogP contribution in [-0.4, -0.2) is 29.7 Å². The second-order valence-electron chi connectivity index (χ2n) is 5.64. The monoisotopic (exact) mass is 297 g/mol. The second kappa shape index (κ2) is 7.23. The molecule has 112 valence electrons. The molecule has 0 aliphatic heterocycles. The van der Waals surface area contributed by atoms with Crippen LogP contribution in [0.1, 0.15) is 45.4 Å². The van der Waals surface area contributed by atoms with E-state index in [1.807, 2.05) is 13.0 Å². The van der Waals surface area contributed by atoms with Gasteiger partial charge in [-0.3, -0.25) is 0 Å². The molecule has 0 bridgehead atoms. The maximum absolute atomic E-state index is 6.11. The fraction of sp³-hybridized carbons (Fsp3) is 0.733. The van der Waals surface area contributed by atoms with Crippen molar-refractivity contribution in [1.29, 1.82) is 0 Å². The van der Waals surface area contributed by atoms with Crippen molar-refractivity contribution in [2.45, 2.75) is 52.2 Å². The van der Waals surface area contributed by atoms with Gasteiger partial charge in [0, 0.05) is 25.8 Å². The van der Waals surface area contributed by atoms with Gasteiger partial charge in [-0.25, -0.2) is 9.97 Å². The molecule has 1 aliphatic rings. The Bertz CT molecular complexity index is 441. The Morgan fingerprint density at radius 3 is 2.90 bits per heavy atom. The van der Waals surface area contributed by atoms with Crippen LogP contribution in [0.4, 0.5) is 5.82 Å². The van der Waals surface area contributed by atoms with E-state index in [-0.39, 0.29) is 0 Å². The van der Waals surface area contributed by atoms with E-state index in [0.717, 1.165) is 11.7 Å². The maximum Gasteiger partial charge on any atom is 0.158 e. The summed E-state index contributed by atoms with van der Waals surface area (Å²) in [6, 6.07) is 2.39. The zero-order chi connectivity index (χ0) is 14.5. The molecule has 0 radical (unpaired) electrons. The van der Waals surface area contributed by atoms with Crippen LogP contribution in [0.2, 0.25) is 5.15 Å². The summed E-state index contributed by atoms with van der Waals surface area (Å²) in [5.41, 5.74) is 0. The van der Waals surface area contributed by atoms with E-state index >= 15 is 0 Å². The number of hydrogen-bond donors (Lipinski definition) is 0. The van der Waals surface area contributed by atoms with E-state index in [9.17, 15) is 0 Å². The SMILES string of the molecule is CCOCc1nc(Cl)cc(N(C)C2CCCC(C)C2)n1. The highest BCUT2D eigenvalue weighted by Crippen LogP contribution is 2.29. The van der Waals surface area contributed by atoms with Crippen LogP contribution in [0.25, 0.3) is 0 Å². The van der Waals surface area contributed by atoms with Crippen molar-refractivity contribution >= 4 is 17.4 Å². The Hall–Kier alpha value is -0.870. The van der Waals surface area contributed by atoms with Crippen LogP contribution >= 0.6 is 11.6 Å². The average molecular weight is 298 g/mol. The molecule has 0 amide bonds. The summed E-state index contributed by atoms with van der Waals surface area (Å²) in [6.07, 6.45) is 5.08. The van der Waals surface area contributed by atoms with E-state index in [1.165, 1.54) is 25.7 Å². The minimum absolute atomic E-state index is 0.416. The van der Waals surface area contributed by atoms with Crippen molar-refractivity contribution in [2.75, 3.05) is 18.6 Å². The van der Waals surface area contributed by atoms with Crippen LogP contribution < -0.4 is 4.90 Å². The smallest absolute Gasteiger partial charge is 0.158 e. The van der Waals surface area contributed by atoms with Gasteiger partial charge in [-0.05, 0) is 25.7 Å². The molecule has 2 unspecified atom stereocenters. The summed E-state index contributed by atoms with van der Waals surface area (Å²) in [5, 5.41) is 0.486. The molecular weight excluding hydrogens is 274 g/mol. The Morgan fingerprint density at radius 1 is 1.40 bits per heavy atom. The molecule has 0 N–H and O–H groups in total. The van der Waals surface area contributed by atoms with Crippen molar-refractivity contribution in [1.82, 2.24) is 9.97 Å². The number of nitrogens with zero attached hydrogens (tertiary/aromatic N) is 3. The van der Waals surface area contributed by atoms with Gasteiger partial charge < -0.3 is 9.64 Å². The summed E-state index contributed by atoms with van der Waals surface area (Å²) in [6.45, 7) is 5.36. The molecule has 1 heterocycles.